The summed E-state index contributed by atoms with van der Waals surface area (Å²) in [7, 11) is 1.72. The molecule has 0 spiro atoms. The molecule has 1 aliphatic heterocycles. The van der Waals surface area contributed by atoms with Gasteiger partial charge in [0.2, 0.25) is 0 Å². The lowest BCUT2D eigenvalue weighted by atomic mass is 10.3. The molecule has 0 saturated heterocycles. The van der Waals surface area contributed by atoms with Crippen molar-refractivity contribution < 1.29 is 4.79 Å². The molecule has 1 rings (SSSR count). The van der Waals surface area contributed by atoms with E-state index in [1.54, 1.807) is 25.8 Å². The molecule has 1 N–H and O–H groups in total. The molecule has 4 heteroatoms. The molecule has 1 aliphatic rings. The van der Waals surface area contributed by atoms with Crippen molar-refractivity contribution in [3.05, 3.63) is 0 Å². The van der Waals surface area contributed by atoms with E-state index in [1.807, 2.05) is 0 Å². The third-order valence-corrected chi connectivity index (χ3v) is 1.61. The van der Waals surface area contributed by atoms with Gasteiger partial charge in [-0.15, -0.1) is 0 Å². The van der Waals surface area contributed by atoms with Crippen LogP contribution in [0.5, 0.6) is 0 Å². The summed E-state index contributed by atoms with van der Waals surface area (Å²) >= 11 is 0. The molecule has 0 radical (unpaired) electrons. The van der Waals surface area contributed by atoms with Gasteiger partial charge in [0.05, 0.1) is 0 Å². The van der Waals surface area contributed by atoms with Crippen LogP contribution in [0.3, 0.4) is 0 Å². The fraction of sp³-hybridized carbons (Fsp3) is 0.667. The second-order valence-electron chi connectivity index (χ2n) is 2.41. The molecule has 0 fully saturated rings. The van der Waals surface area contributed by atoms with Crippen LogP contribution in [0.15, 0.2) is 5.10 Å². The van der Waals surface area contributed by atoms with Crippen molar-refractivity contribution in [2.24, 2.45) is 5.10 Å². The summed E-state index contributed by atoms with van der Waals surface area (Å²) in [5.41, 5.74) is 2.71. The maximum Gasteiger partial charge on any atom is 0.251 e. The fourth-order valence-electron chi connectivity index (χ4n) is 0.770. The molecule has 0 saturated carbocycles. The highest BCUT2D eigenvalue weighted by molar-refractivity contribution is 6.00. The van der Waals surface area contributed by atoms with Gasteiger partial charge in [0.25, 0.3) is 5.91 Å². The second kappa shape index (κ2) is 2.28. The minimum absolute atomic E-state index is 0.0625. The van der Waals surface area contributed by atoms with Crippen molar-refractivity contribution in [1.29, 1.82) is 0 Å². The molecule has 1 unspecified atom stereocenters. The average Bonchev–Trinajstić information content (AvgIpc) is 1.93. The van der Waals surface area contributed by atoms with Crippen LogP contribution >= 0.6 is 0 Å². The van der Waals surface area contributed by atoms with Crippen molar-refractivity contribution in [2.45, 2.75) is 19.9 Å². The highest BCUT2D eigenvalue weighted by Gasteiger charge is 2.22. The maximum absolute atomic E-state index is 11.1. The van der Waals surface area contributed by atoms with Gasteiger partial charge < -0.3 is 4.90 Å². The number of nitrogens with zero attached hydrogens (tertiary/aromatic N) is 2. The van der Waals surface area contributed by atoms with Gasteiger partial charge in [-0.2, -0.15) is 5.10 Å². The lowest BCUT2D eigenvalue weighted by Gasteiger charge is -2.25. The summed E-state index contributed by atoms with van der Waals surface area (Å²) < 4.78 is 0. The Balaban J connectivity index is 2.81. The number of amides is 1. The second-order valence-corrected chi connectivity index (χ2v) is 2.41. The van der Waals surface area contributed by atoms with Gasteiger partial charge in [-0.3, -0.25) is 10.2 Å². The summed E-state index contributed by atoms with van der Waals surface area (Å²) in [4.78, 5) is 12.7. The Labute approximate surface area is 59.9 Å². The first-order valence-electron chi connectivity index (χ1n) is 3.20. The van der Waals surface area contributed by atoms with E-state index in [0.717, 1.165) is 0 Å². The molecule has 0 aliphatic carbocycles. The van der Waals surface area contributed by atoms with Crippen LogP contribution in [0.1, 0.15) is 13.8 Å². The first kappa shape index (κ1) is 7.05. The SMILES string of the molecule is CC1=NNC(C)C(=O)N1C. The van der Waals surface area contributed by atoms with Crippen LogP contribution in [0.2, 0.25) is 0 Å². The molecule has 1 atom stereocenters. The molecule has 56 valence electrons. The Hall–Kier alpha value is -1.06. The molecular weight excluding hydrogens is 130 g/mol. The molecule has 1 amide bonds. The zero-order chi connectivity index (χ0) is 7.72. The average molecular weight is 141 g/mol. The quantitative estimate of drug-likeness (QED) is 0.506. The molecule has 0 aromatic heterocycles. The summed E-state index contributed by atoms with van der Waals surface area (Å²) in [5.74, 6) is 0.774. The summed E-state index contributed by atoms with van der Waals surface area (Å²) in [6, 6.07) is -0.186. The van der Waals surface area contributed by atoms with Crippen LogP contribution in [0.25, 0.3) is 0 Å². The van der Waals surface area contributed by atoms with E-state index < -0.39 is 0 Å². The highest BCUT2D eigenvalue weighted by atomic mass is 16.2. The number of rotatable bonds is 0. The Morgan fingerprint density at radius 1 is 1.70 bits per heavy atom. The summed E-state index contributed by atoms with van der Waals surface area (Å²) in [6.07, 6.45) is 0. The predicted octanol–water partition coefficient (Wildman–Crippen LogP) is -0.230. The van der Waals surface area contributed by atoms with E-state index in [-0.39, 0.29) is 11.9 Å². The standard InChI is InChI=1S/C6H11N3O/c1-4-6(10)9(3)5(2)8-7-4/h4,7H,1-3H3. The number of carbonyl (C=O) groups excluding carboxylic acids is 1. The van der Waals surface area contributed by atoms with Crippen LogP contribution in [-0.4, -0.2) is 29.7 Å². The molecule has 0 aromatic carbocycles. The summed E-state index contributed by atoms with van der Waals surface area (Å²) in [6.45, 7) is 3.57. The van der Waals surface area contributed by atoms with Gasteiger partial charge in [-0.25, -0.2) is 0 Å². The minimum Gasteiger partial charge on any atom is -0.300 e. The Kier molecular flexibility index (Phi) is 1.61. The van der Waals surface area contributed by atoms with E-state index in [0.29, 0.717) is 5.84 Å². The van der Waals surface area contributed by atoms with Gasteiger partial charge in [0.15, 0.2) is 0 Å². The fourth-order valence-corrected chi connectivity index (χ4v) is 0.770. The van der Waals surface area contributed by atoms with Crippen molar-refractivity contribution in [3.8, 4) is 0 Å². The maximum atomic E-state index is 11.1. The first-order chi connectivity index (χ1) is 4.63. The number of amidine groups is 1. The van der Waals surface area contributed by atoms with Crippen molar-refractivity contribution in [3.63, 3.8) is 0 Å². The lowest BCUT2D eigenvalue weighted by Crippen LogP contribution is -2.48. The zero-order valence-corrected chi connectivity index (χ0v) is 6.38. The lowest BCUT2D eigenvalue weighted by molar-refractivity contribution is -0.128. The van der Waals surface area contributed by atoms with Crippen molar-refractivity contribution in [1.82, 2.24) is 10.3 Å². The molecular formula is C6H11N3O. The molecule has 0 aromatic rings. The summed E-state index contributed by atoms with van der Waals surface area (Å²) in [5, 5.41) is 3.91. The van der Waals surface area contributed by atoms with Crippen LogP contribution < -0.4 is 5.43 Å². The number of nitrogens with one attached hydrogen (secondary N) is 1. The van der Waals surface area contributed by atoms with Crippen LogP contribution in [0, 0.1) is 0 Å². The number of hydrogen-bond acceptors (Lipinski definition) is 3. The van der Waals surface area contributed by atoms with Crippen molar-refractivity contribution >= 4 is 11.7 Å². The first-order valence-corrected chi connectivity index (χ1v) is 3.20. The van der Waals surface area contributed by atoms with Crippen molar-refractivity contribution in [2.75, 3.05) is 7.05 Å². The van der Waals surface area contributed by atoms with Gasteiger partial charge in [-0.1, -0.05) is 0 Å². The van der Waals surface area contributed by atoms with E-state index in [4.69, 9.17) is 0 Å². The topological polar surface area (TPSA) is 44.7 Å². The third kappa shape index (κ3) is 0.964. The number of hydrazone groups is 1. The number of carbonyl (C=O) groups is 1. The zero-order valence-electron chi connectivity index (χ0n) is 6.38. The van der Waals surface area contributed by atoms with Gasteiger partial charge in [0, 0.05) is 7.05 Å². The normalized spacial score (nSPS) is 25.9. The third-order valence-electron chi connectivity index (χ3n) is 1.61. The molecule has 4 nitrogen and oxygen atoms in total. The number of hydrogen-bond donors (Lipinski definition) is 1. The monoisotopic (exact) mass is 141 g/mol. The van der Waals surface area contributed by atoms with E-state index in [2.05, 4.69) is 10.5 Å². The van der Waals surface area contributed by atoms with E-state index in [9.17, 15) is 4.79 Å². The van der Waals surface area contributed by atoms with Gasteiger partial charge in [-0.05, 0) is 13.8 Å². The Morgan fingerprint density at radius 3 is 2.80 bits per heavy atom. The number of likely N-dealkylation sites (N-methyl/N-ethyl adjacent to an activating group) is 1. The molecule has 0 bridgehead atoms. The van der Waals surface area contributed by atoms with Gasteiger partial charge >= 0.3 is 0 Å². The predicted molar refractivity (Wildman–Crippen MR) is 38.5 cm³/mol. The Morgan fingerprint density at radius 2 is 2.30 bits per heavy atom. The van der Waals surface area contributed by atoms with Crippen LogP contribution in [0.4, 0.5) is 0 Å². The largest absolute Gasteiger partial charge is 0.300 e. The smallest absolute Gasteiger partial charge is 0.251 e. The molecule has 1 heterocycles. The van der Waals surface area contributed by atoms with E-state index in [1.165, 1.54) is 0 Å². The highest BCUT2D eigenvalue weighted by Crippen LogP contribution is 1.98. The Bertz CT molecular complexity index is 187. The van der Waals surface area contributed by atoms with Crippen LogP contribution in [-0.2, 0) is 4.79 Å². The van der Waals surface area contributed by atoms with E-state index >= 15 is 0 Å². The molecule has 10 heavy (non-hydrogen) atoms. The van der Waals surface area contributed by atoms with Gasteiger partial charge in [0.1, 0.15) is 11.9 Å². The minimum atomic E-state index is -0.186.